The zero-order valence-corrected chi connectivity index (χ0v) is 12.8. The first-order chi connectivity index (χ1) is 9.72. The van der Waals surface area contributed by atoms with Gasteiger partial charge in [-0.1, -0.05) is 18.5 Å². The summed E-state index contributed by atoms with van der Waals surface area (Å²) >= 11 is 6.10. The van der Waals surface area contributed by atoms with Gasteiger partial charge in [0.25, 0.3) is 0 Å². The van der Waals surface area contributed by atoms with Crippen molar-refractivity contribution in [2.75, 3.05) is 50.0 Å². The highest BCUT2D eigenvalue weighted by molar-refractivity contribution is 6.32. The molecule has 0 amide bonds. The van der Waals surface area contributed by atoms with Gasteiger partial charge in [-0.2, -0.15) is 4.98 Å². The van der Waals surface area contributed by atoms with Gasteiger partial charge in [0.2, 0.25) is 5.95 Å². The van der Waals surface area contributed by atoms with Crippen LogP contribution in [0.5, 0.6) is 0 Å². The van der Waals surface area contributed by atoms with Crippen molar-refractivity contribution in [2.24, 2.45) is 0 Å². The second-order valence-corrected chi connectivity index (χ2v) is 5.09. The maximum absolute atomic E-state index is 6.10. The molecule has 1 atom stereocenters. The molecule has 6 nitrogen and oxygen atoms in total. The summed E-state index contributed by atoms with van der Waals surface area (Å²) in [4.78, 5) is 10.8. The minimum atomic E-state index is 0.164. The first-order valence-electron chi connectivity index (χ1n) is 7.07. The van der Waals surface area contributed by atoms with E-state index in [0.717, 1.165) is 32.8 Å². The molecule has 2 rings (SSSR count). The first-order valence-corrected chi connectivity index (χ1v) is 7.45. The molecule has 0 saturated carbocycles. The Labute approximate surface area is 124 Å². The molecule has 1 fully saturated rings. The van der Waals surface area contributed by atoms with Crippen LogP contribution >= 0.6 is 11.6 Å². The Morgan fingerprint density at radius 1 is 1.45 bits per heavy atom. The SMILES string of the molecule is CCNc1ncc(Cl)c(NCC2CN(CC)CCO2)n1. The molecule has 7 heteroatoms. The molecule has 0 aliphatic carbocycles. The van der Waals surface area contributed by atoms with E-state index < -0.39 is 0 Å². The van der Waals surface area contributed by atoms with E-state index in [9.17, 15) is 0 Å². The van der Waals surface area contributed by atoms with Crippen molar-refractivity contribution in [1.82, 2.24) is 14.9 Å². The molecule has 2 N–H and O–H groups in total. The molecule has 2 heterocycles. The molecule has 1 unspecified atom stereocenters. The lowest BCUT2D eigenvalue weighted by Gasteiger charge is -2.32. The van der Waals surface area contributed by atoms with Crippen molar-refractivity contribution in [2.45, 2.75) is 20.0 Å². The first kappa shape index (κ1) is 15.3. The maximum Gasteiger partial charge on any atom is 0.224 e. The maximum atomic E-state index is 6.10. The smallest absolute Gasteiger partial charge is 0.224 e. The normalized spacial score (nSPS) is 19.9. The standard InChI is InChI=1S/C13H22ClN5O/c1-3-15-13-17-8-11(14)12(18-13)16-7-10-9-19(4-2)5-6-20-10/h8,10H,3-7,9H2,1-2H3,(H2,15,16,17,18). The van der Waals surface area contributed by atoms with E-state index in [4.69, 9.17) is 16.3 Å². The van der Waals surface area contributed by atoms with Gasteiger partial charge in [-0.3, -0.25) is 4.90 Å². The van der Waals surface area contributed by atoms with E-state index in [1.165, 1.54) is 0 Å². The number of halogens is 1. The summed E-state index contributed by atoms with van der Waals surface area (Å²) in [5.41, 5.74) is 0. The summed E-state index contributed by atoms with van der Waals surface area (Å²) in [7, 11) is 0. The molecule has 0 radical (unpaired) electrons. The van der Waals surface area contributed by atoms with Crippen LogP contribution in [0.2, 0.25) is 5.02 Å². The van der Waals surface area contributed by atoms with Crippen molar-refractivity contribution < 1.29 is 4.74 Å². The molecule has 1 aromatic heterocycles. The molecule has 0 aromatic carbocycles. The van der Waals surface area contributed by atoms with Crippen LogP contribution in [0.25, 0.3) is 0 Å². The molecular weight excluding hydrogens is 278 g/mol. The second kappa shape index (κ2) is 7.61. The summed E-state index contributed by atoms with van der Waals surface area (Å²) in [5, 5.41) is 6.84. The lowest BCUT2D eigenvalue weighted by atomic mass is 10.2. The van der Waals surface area contributed by atoms with Gasteiger partial charge in [0.1, 0.15) is 5.02 Å². The van der Waals surface area contributed by atoms with Crippen LogP contribution in [0.15, 0.2) is 6.20 Å². The average molecular weight is 300 g/mol. The number of hydrogen-bond donors (Lipinski definition) is 2. The predicted molar refractivity (Wildman–Crippen MR) is 81.5 cm³/mol. The van der Waals surface area contributed by atoms with Crippen LogP contribution in [0.3, 0.4) is 0 Å². The molecule has 20 heavy (non-hydrogen) atoms. The predicted octanol–water partition coefficient (Wildman–Crippen LogP) is 1.69. The van der Waals surface area contributed by atoms with Crippen molar-refractivity contribution in [3.05, 3.63) is 11.2 Å². The monoisotopic (exact) mass is 299 g/mol. The van der Waals surface area contributed by atoms with Gasteiger partial charge in [-0.15, -0.1) is 0 Å². The van der Waals surface area contributed by atoms with E-state index in [1.54, 1.807) is 6.20 Å². The average Bonchev–Trinajstić information content (AvgIpc) is 2.48. The van der Waals surface area contributed by atoms with E-state index in [1.807, 2.05) is 6.92 Å². The molecule has 1 aliphatic heterocycles. The Balaban J connectivity index is 1.91. The second-order valence-electron chi connectivity index (χ2n) is 4.69. The number of anilines is 2. The van der Waals surface area contributed by atoms with Crippen molar-refractivity contribution in [3.63, 3.8) is 0 Å². The molecule has 0 spiro atoms. The van der Waals surface area contributed by atoms with E-state index >= 15 is 0 Å². The third-order valence-corrected chi connectivity index (χ3v) is 3.52. The number of hydrogen-bond acceptors (Lipinski definition) is 6. The Morgan fingerprint density at radius 2 is 2.30 bits per heavy atom. The number of morpholine rings is 1. The zero-order valence-electron chi connectivity index (χ0n) is 12.0. The van der Waals surface area contributed by atoms with Crippen LogP contribution in [-0.4, -0.2) is 60.3 Å². The highest BCUT2D eigenvalue weighted by atomic mass is 35.5. The van der Waals surface area contributed by atoms with Crippen LogP contribution in [0.1, 0.15) is 13.8 Å². The van der Waals surface area contributed by atoms with Gasteiger partial charge in [-0.25, -0.2) is 4.98 Å². The lowest BCUT2D eigenvalue weighted by molar-refractivity contribution is -0.0192. The summed E-state index contributed by atoms with van der Waals surface area (Å²) in [6.45, 7) is 9.41. The Morgan fingerprint density at radius 3 is 3.05 bits per heavy atom. The number of ether oxygens (including phenoxy) is 1. The molecule has 1 saturated heterocycles. The Bertz CT molecular complexity index is 431. The summed E-state index contributed by atoms with van der Waals surface area (Å²) in [6.07, 6.45) is 1.77. The van der Waals surface area contributed by atoms with E-state index in [-0.39, 0.29) is 6.10 Å². The van der Waals surface area contributed by atoms with Crippen molar-refractivity contribution in [3.8, 4) is 0 Å². The van der Waals surface area contributed by atoms with Gasteiger partial charge in [0, 0.05) is 26.2 Å². The zero-order chi connectivity index (χ0) is 14.4. The highest BCUT2D eigenvalue weighted by Gasteiger charge is 2.19. The van der Waals surface area contributed by atoms with E-state index in [2.05, 4.69) is 32.4 Å². The van der Waals surface area contributed by atoms with Gasteiger partial charge in [0.15, 0.2) is 5.82 Å². The fourth-order valence-corrected chi connectivity index (χ4v) is 2.29. The van der Waals surface area contributed by atoms with Gasteiger partial charge in [-0.05, 0) is 13.5 Å². The van der Waals surface area contributed by atoms with Crippen LogP contribution in [-0.2, 0) is 4.74 Å². The summed E-state index contributed by atoms with van der Waals surface area (Å²) < 4.78 is 5.74. The van der Waals surface area contributed by atoms with Gasteiger partial charge < -0.3 is 15.4 Å². The van der Waals surface area contributed by atoms with Crippen LogP contribution in [0, 0.1) is 0 Å². The fraction of sp³-hybridized carbons (Fsp3) is 0.692. The molecule has 112 valence electrons. The third-order valence-electron chi connectivity index (χ3n) is 3.25. The van der Waals surface area contributed by atoms with Gasteiger partial charge >= 0.3 is 0 Å². The number of likely N-dealkylation sites (N-methyl/N-ethyl adjacent to an activating group) is 1. The molecule has 1 aliphatic rings. The topological polar surface area (TPSA) is 62.3 Å². The number of aromatic nitrogens is 2. The fourth-order valence-electron chi connectivity index (χ4n) is 2.14. The quantitative estimate of drug-likeness (QED) is 0.833. The Kier molecular flexibility index (Phi) is 5.82. The third kappa shape index (κ3) is 4.19. The largest absolute Gasteiger partial charge is 0.374 e. The molecule has 0 bridgehead atoms. The van der Waals surface area contributed by atoms with Gasteiger partial charge in [0.05, 0.1) is 18.9 Å². The van der Waals surface area contributed by atoms with Crippen LogP contribution < -0.4 is 10.6 Å². The Hall–Kier alpha value is -1.11. The molecular formula is C13H22ClN5O. The summed E-state index contributed by atoms with van der Waals surface area (Å²) in [5.74, 6) is 1.23. The van der Waals surface area contributed by atoms with Crippen molar-refractivity contribution >= 4 is 23.4 Å². The number of nitrogens with zero attached hydrogens (tertiary/aromatic N) is 3. The summed E-state index contributed by atoms with van der Waals surface area (Å²) in [6, 6.07) is 0. The van der Waals surface area contributed by atoms with Crippen molar-refractivity contribution in [1.29, 1.82) is 0 Å². The lowest BCUT2D eigenvalue weighted by Crippen LogP contribution is -2.45. The number of nitrogens with one attached hydrogen (secondary N) is 2. The van der Waals surface area contributed by atoms with E-state index in [0.29, 0.717) is 23.3 Å². The minimum Gasteiger partial charge on any atom is -0.374 e. The van der Waals surface area contributed by atoms with Crippen LogP contribution in [0.4, 0.5) is 11.8 Å². The highest BCUT2D eigenvalue weighted by Crippen LogP contribution is 2.19. The molecule has 1 aromatic rings. The number of rotatable bonds is 6. The minimum absolute atomic E-state index is 0.164.